The summed E-state index contributed by atoms with van der Waals surface area (Å²) in [6, 6.07) is 0. The number of amides is 1. The van der Waals surface area contributed by atoms with Gasteiger partial charge in [-0.2, -0.15) is 0 Å². The Balaban J connectivity index is 3.29. The zero-order valence-electron chi connectivity index (χ0n) is 14.9. The summed E-state index contributed by atoms with van der Waals surface area (Å²) in [4.78, 5) is 11.4. The highest BCUT2D eigenvalue weighted by Gasteiger charge is 2.07. The van der Waals surface area contributed by atoms with Gasteiger partial charge in [-0.15, -0.1) is 0 Å². The molecule has 0 spiro atoms. The van der Waals surface area contributed by atoms with Gasteiger partial charge in [0, 0.05) is 6.54 Å². The lowest BCUT2D eigenvalue weighted by Crippen LogP contribution is -2.26. The Hall–Kier alpha value is -0.770. The second kappa shape index (κ2) is 15.1. The predicted octanol–water partition coefficient (Wildman–Crippen LogP) is 4.65. The van der Waals surface area contributed by atoms with Gasteiger partial charge in [0.15, 0.2) is 0 Å². The molecule has 0 aromatic rings. The van der Waals surface area contributed by atoms with E-state index in [1.54, 1.807) is 0 Å². The molecule has 1 atom stereocenters. The first-order valence-corrected chi connectivity index (χ1v) is 9.15. The van der Waals surface area contributed by atoms with Crippen LogP contribution in [0.25, 0.3) is 0 Å². The van der Waals surface area contributed by atoms with Crippen LogP contribution in [0.2, 0.25) is 0 Å². The van der Waals surface area contributed by atoms with E-state index in [1.165, 1.54) is 32.1 Å². The average molecular weight is 315 g/mol. The highest BCUT2D eigenvalue weighted by atomic mass is 16.5. The Bertz CT molecular complexity index is 257. The minimum absolute atomic E-state index is 0.259. The molecule has 4 nitrogen and oxygen atoms in total. The first-order valence-electron chi connectivity index (χ1n) is 9.15. The summed E-state index contributed by atoms with van der Waals surface area (Å²) in [5, 5.41) is 12.5. The van der Waals surface area contributed by atoms with E-state index >= 15 is 0 Å². The second-order valence-corrected chi connectivity index (χ2v) is 6.61. The third kappa shape index (κ3) is 15.6. The largest absolute Gasteiger partial charge is 0.450 e. The molecular weight excluding hydrogens is 278 g/mol. The first kappa shape index (κ1) is 21.2. The molecule has 0 aromatic heterocycles. The minimum atomic E-state index is -0.329. The van der Waals surface area contributed by atoms with Gasteiger partial charge in [-0.25, -0.2) is 4.79 Å². The fourth-order valence-electron chi connectivity index (χ4n) is 2.47. The van der Waals surface area contributed by atoms with Gasteiger partial charge in [0.1, 0.15) is 0 Å². The molecule has 0 saturated carbocycles. The van der Waals surface area contributed by atoms with Gasteiger partial charge in [-0.3, -0.25) is 0 Å². The van der Waals surface area contributed by atoms with Crippen LogP contribution in [-0.4, -0.2) is 30.5 Å². The topological polar surface area (TPSA) is 58.6 Å². The van der Waals surface area contributed by atoms with Crippen molar-refractivity contribution in [2.75, 3.05) is 13.2 Å². The summed E-state index contributed by atoms with van der Waals surface area (Å²) in [6.07, 6.45) is 10.3. The summed E-state index contributed by atoms with van der Waals surface area (Å²) in [6.45, 7) is 7.50. The fourth-order valence-corrected chi connectivity index (χ4v) is 2.47. The van der Waals surface area contributed by atoms with E-state index in [4.69, 9.17) is 4.74 Å². The first-order chi connectivity index (χ1) is 10.6. The summed E-state index contributed by atoms with van der Waals surface area (Å²) >= 11 is 0. The highest BCUT2D eigenvalue weighted by molar-refractivity contribution is 5.66. The number of aliphatic hydroxyl groups is 1. The molecule has 0 rings (SSSR count). The second-order valence-electron chi connectivity index (χ2n) is 6.61. The van der Waals surface area contributed by atoms with Crippen LogP contribution in [0, 0.1) is 5.92 Å². The maximum Gasteiger partial charge on any atom is 0.407 e. The lowest BCUT2D eigenvalue weighted by Gasteiger charge is -2.13. The van der Waals surface area contributed by atoms with Crippen LogP contribution < -0.4 is 5.32 Å². The van der Waals surface area contributed by atoms with E-state index in [-0.39, 0.29) is 12.2 Å². The molecule has 0 heterocycles. The molecular formula is C18H37NO3. The molecule has 0 aliphatic rings. The number of carbonyl (C=O) groups is 1. The quantitative estimate of drug-likeness (QED) is 0.459. The minimum Gasteiger partial charge on any atom is -0.450 e. The molecule has 0 aromatic carbocycles. The van der Waals surface area contributed by atoms with Gasteiger partial charge < -0.3 is 15.2 Å². The molecule has 0 saturated heterocycles. The van der Waals surface area contributed by atoms with E-state index < -0.39 is 0 Å². The van der Waals surface area contributed by atoms with E-state index in [2.05, 4.69) is 26.1 Å². The van der Waals surface area contributed by atoms with E-state index in [1.807, 2.05) is 0 Å². The Kier molecular flexibility index (Phi) is 14.6. The molecule has 4 heteroatoms. The number of unbranched alkanes of at least 4 members (excludes halogenated alkanes) is 6. The monoisotopic (exact) mass is 315 g/mol. The molecule has 1 unspecified atom stereocenters. The van der Waals surface area contributed by atoms with Crippen LogP contribution in [0.3, 0.4) is 0 Å². The van der Waals surface area contributed by atoms with Crippen LogP contribution in [0.15, 0.2) is 0 Å². The van der Waals surface area contributed by atoms with Crippen LogP contribution in [0.5, 0.6) is 0 Å². The maximum absolute atomic E-state index is 11.4. The van der Waals surface area contributed by atoms with Crippen LogP contribution in [0.4, 0.5) is 4.79 Å². The molecule has 0 radical (unpaired) electrons. The number of aliphatic hydroxyl groups excluding tert-OH is 1. The third-order valence-corrected chi connectivity index (χ3v) is 3.71. The number of hydrogen-bond donors (Lipinski definition) is 2. The van der Waals surface area contributed by atoms with Crippen molar-refractivity contribution in [1.82, 2.24) is 5.32 Å². The molecule has 0 aliphatic carbocycles. The number of carbonyl (C=O) groups excluding carboxylic acids is 1. The van der Waals surface area contributed by atoms with Crippen molar-refractivity contribution in [1.29, 1.82) is 0 Å². The van der Waals surface area contributed by atoms with E-state index in [0.717, 1.165) is 32.1 Å². The van der Waals surface area contributed by atoms with Crippen molar-refractivity contribution in [2.45, 2.75) is 91.1 Å². The normalized spacial score (nSPS) is 12.4. The van der Waals surface area contributed by atoms with Crippen molar-refractivity contribution in [2.24, 2.45) is 5.92 Å². The number of ether oxygens (including phenoxy) is 1. The van der Waals surface area contributed by atoms with Crippen molar-refractivity contribution >= 4 is 6.09 Å². The summed E-state index contributed by atoms with van der Waals surface area (Å²) in [5.74, 6) is 0.509. The maximum atomic E-state index is 11.4. The molecule has 0 bridgehead atoms. The predicted molar refractivity (Wildman–Crippen MR) is 92.0 cm³/mol. The Labute approximate surface area is 137 Å². The van der Waals surface area contributed by atoms with Crippen molar-refractivity contribution in [3.05, 3.63) is 0 Å². The molecule has 0 fully saturated rings. The Morgan fingerprint density at radius 2 is 1.68 bits per heavy atom. The SMILES string of the molecule is CCCCCCCCCOC(=O)NCCCC(O)CC(C)C. The number of rotatable bonds is 14. The Morgan fingerprint density at radius 1 is 1.05 bits per heavy atom. The van der Waals surface area contributed by atoms with Crippen molar-refractivity contribution in [3.63, 3.8) is 0 Å². The molecule has 132 valence electrons. The van der Waals surface area contributed by atoms with Crippen molar-refractivity contribution in [3.8, 4) is 0 Å². The zero-order valence-corrected chi connectivity index (χ0v) is 14.9. The lowest BCUT2D eigenvalue weighted by atomic mass is 10.0. The molecule has 1 amide bonds. The van der Waals surface area contributed by atoms with Gasteiger partial charge in [-0.05, 0) is 31.6 Å². The third-order valence-electron chi connectivity index (χ3n) is 3.71. The Morgan fingerprint density at radius 3 is 2.32 bits per heavy atom. The van der Waals surface area contributed by atoms with Gasteiger partial charge in [0.05, 0.1) is 12.7 Å². The molecule has 22 heavy (non-hydrogen) atoms. The number of alkyl carbamates (subject to hydrolysis) is 1. The fraction of sp³-hybridized carbons (Fsp3) is 0.944. The zero-order chi connectivity index (χ0) is 16.6. The van der Waals surface area contributed by atoms with E-state index in [0.29, 0.717) is 19.1 Å². The number of nitrogens with one attached hydrogen (secondary N) is 1. The van der Waals surface area contributed by atoms with E-state index in [9.17, 15) is 9.90 Å². The lowest BCUT2D eigenvalue weighted by molar-refractivity contribution is 0.131. The summed E-state index contributed by atoms with van der Waals surface area (Å²) in [5.41, 5.74) is 0. The van der Waals surface area contributed by atoms with Gasteiger partial charge in [0.2, 0.25) is 0 Å². The van der Waals surface area contributed by atoms with Gasteiger partial charge >= 0.3 is 6.09 Å². The van der Waals surface area contributed by atoms with Crippen LogP contribution in [-0.2, 0) is 4.74 Å². The van der Waals surface area contributed by atoms with Crippen LogP contribution in [0.1, 0.15) is 85.0 Å². The smallest absolute Gasteiger partial charge is 0.407 e. The molecule has 0 aliphatic heterocycles. The van der Waals surface area contributed by atoms with Gasteiger partial charge in [-0.1, -0.05) is 59.3 Å². The standard InChI is InChI=1S/C18H37NO3/c1-4-5-6-7-8-9-10-14-22-18(21)19-13-11-12-17(20)15-16(2)3/h16-17,20H,4-15H2,1-3H3,(H,19,21). The summed E-state index contributed by atoms with van der Waals surface area (Å²) in [7, 11) is 0. The highest BCUT2D eigenvalue weighted by Crippen LogP contribution is 2.09. The summed E-state index contributed by atoms with van der Waals surface area (Å²) < 4.78 is 5.13. The van der Waals surface area contributed by atoms with Crippen LogP contribution >= 0.6 is 0 Å². The average Bonchev–Trinajstić information content (AvgIpc) is 2.45. The van der Waals surface area contributed by atoms with Gasteiger partial charge in [0.25, 0.3) is 0 Å². The molecule has 2 N–H and O–H groups in total. The number of hydrogen-bond acceptors (Lipinski definition) is 3. The van der Waals surface area contributed by atoms with Crippen molar-refractivity contribution < 1.29 is 14.6 Å².